The van der Waals surface area contributed by atoms with Gasteiger partial charge in [0.15, 0.2) is 0 Å². The van der Waals surface area contributed by atoms with Crippen molar-refractivity contribution in [3.05, 3.63) is 29.8 Å². The highest BCUT2D eigenvalue weighted by Crippen LogP contribution is 2.08. The first-order valence-electron chi connectivity index (χ1n) is 4.97. The number of hydrogen-bond donors (Lipinski definition) is 3. The van der Waals surface area contributed by atoms with E-state index in [0.29, 0.717) is 5.69 Å². The van der Waals surface area contributed by atoms with E-state index in [-0.39, 0.29) is 5.71 Å². The minimum Gasteiger partial charge on any atom is -0.350 e. The van der Waals surface area contributed by atoms with Crippen LogP contribution in [0.5, 0.6) is 0 Å². The fourth-order valence-electron chi connectivity index (χ4n) is 1.05. The summed E-state index contributed by atoms with van der Waals surface area (Å²) in [4.78, 5) is 22.0. The van der Waals surface area contributed by atoms with Crippen molar-refractivity contribution < 1.29 is 9.59 Å². The summed E-state index contributed by atoms with van der Waals surface area (Å²) in [7, 11) is 0. The zero-order valence-electron chi connectivity index (χ0n) is 9.65. The zero-order chi connectivity index (χ0) is 12.8. The Labute approximate surface area is 98.9 Å². The van der Waals surface area contributed by atoms with E-state index >= 15 is 0 Å². The van der Waals surface area contributed by atoms with Crippen LogP contribution in [-0.4, -0.2) is 17.6 Å². The molecular weight excluding hydrogens is 220 g/mol. The molecule has 1 rings (SSSR count). The number of hydrazone groups is 1. The number of nitrogens with zero attached hydrogens (tertiary/aromatic N) is 1. The van der Waals surface area contributed by atoms with Crippen molar-refractivity contribution in [1.82, 2.24) is 5.43 Å². The van der Waals surface area contributed by atoms with Crippen LogP contribution < -0.4 is 16.5 Å². The van der Waals surface area contributed by atoms with Gasteiger partial charge in [0.2, 0.25) is 0 Å². The molecule has 0 spiro atoms. The molecule has 17 heavy (non-hydrogen) atoms. The Morgan fingerprint density at radius 3 is 2.35 bits per heavy atom. The van der Waals surface area contributed by atoms with Gasteiger partial charge >= 0.3 is 6.03 Å². The lowest BCUT2D eigenvalue weighted by Crippen LogP contribution is -2.29. The summed E-state index contributed by atoms with van der Waals surface area (Å²) < 4.78 is 0. The first-order valence-corrected chi connectivity index (χ1v) is 4.97. The van der Waals surface area contributed by atoms with E-state index in [0.717, 1.165) is 5.56 Å². The van der Waals surface area contributed by atoms with Gasteiger partial charge < -0.3 is 11.1 Å². The van der Waals surface area contributed by atoms with Gasteiger partial charge in [0, 0.05) is 5.69 Å². The first-order chi connectivity index (χ1) is 7.99. The Morgan fingerprint density at radius 2 is 1.82 bits per heavy atom. The third kappa shape index (κ3) is 4.33. The molecule has 0 aliphatic carbocycles. The van der Waals surface area contributed by atoms with Crippen LogP contribution in [0.3, 0.4) is 0 Å². The molecule has 6 heteroatoms. The maximum Gasteiger partial charge on any atom is 0.332 e. The van der Waals surface area contributed by atoms with Gasteiger partial charge in [-0.15, -0.1) is 0 Å². The predicted molar refractivity (Wildman–Crippen MR) is 65.6 cm³/mol. The van der Waals surface area contributed by atoms with Crippen molar-refractivity contribution >= 4 is 23.3 Å². The smallest absolute Gasteiger partial charge is 0.332 e. The minimum atomic E-state index is -0.813. The third-order valence-corrected chi connectivity index (χ3v) is 1.97. The fourth-order valence-corrected chi connectivity index (χ4v) is 1.05. The van der Waals surface area contributed by atoms with Crippen molar-refractivity contribution in [2.24, 2.45) is 10.8 Å². The molecule has 0 aromatic heterocycles. The zero-order valence-corrected chi connectivity index (χ0v) is 9.65. The minimum absolute atomic E-state index is 0.115. The molecule has 0 atom stereocenters. The number of nitrogens with one attached hydrogen (secondary N) is 2. The Bertz CT molecular complexity index is 451. The molecule has 0 bridgehead atoms. The molecule has 0 unspecified atom stereocenters. The second kappa shape index (κ2) is 5.64. The summed E-state index contributed by atoms with van der Waals surface area (Å²) in [6, 6.07) is 6.50. The van der Waals surface area contributed by atoms with E-state index in [4.69, 9.17) is 5.73 Å². The monoisotopic (exact) mass is 234 g/mol. The van der Waals surface area contributed by atoms with E-state index in [1.807, 2.05) is 24.5 Å². The molecule has 1 aromatic carbocycles. The van der Waals surface area contributed by atoms with Gasteiger partial charge in [0.1, 0.15) is 5.71 Å². The molecule has 0 radical (unpaired) electrons. The highest BCUT2D eigenvalue weighted by Gasteiger charge is 2.06. The quantitative estimate of drug-likeness (QED) is 0.536. The van der Waals surface area contributed by atoms with Crippen LogP contribution in [0.15, 0.2) is 29.4 Å². The van der Waals surface area contributed by atoms with E-state index in [2.05, 4.69) is 10.4 Å². The molecule has 6 nitrogen and oxygen atoms in total. The van der Waals surface area contributed by atoms with Crippen LogP contribution in [0, 0.1) is 6.92 Å². The average molecular weight is 234 g/mol. The van der Waals surface area contributed by atoms with E-state index in [9.17, 15) is 9.59 Å². The summed E-state index contributed by atoms with van der Waals surface area (Å²) >= 11 is 0. The lowest BCUT2D eigenvalue weighted by molar-refractivity contribution is -0.110. The summed E-state index contributed by atoms with van der Waals surface area (Å²) in [5.74, 6) is -0.400. The standard InChI is InChI=1S/C11H14N4O2/c1-7-3-5-9(6-4-7)13-10(16)8(2)14-15-11(12)17/h3-6H,1-2H3,(H,13,16)(H3,12,15,17)/b14-8-. The topological polar surface area (TPSA) is 96.6 Å². The Balaban J connectivity index is 2.63. The summed E-state index contributed by atoms with van der Waals surface area (Å²) in [6.07, 6.45) is 0. The van der Waals surface area contributed by atoms with Crippen LogP contribution in [0.2, 0.25) is 0 Å². The molecule has 0 saturated heterocycles. The van der Waals surface area contributed by atoms with Crippen LogP contribution >= 0.6 is 0 Å². The number of anilines is 1. The SMILES string of the molecule is C/C(=N/NC(N)=O)C(=O)Nc1ccc(C)cc1. The Morgan fingerprint density at radius 1 is 1.24 bits per heavy atom. The lowest BCUT2D eigenvalue weighted by atomic mass is 10.2. The number of carbonyl (C=O) groups is 2. The van der Waals surface area contributed by atoms with Crippen LogP contribution in [0.4, 0.5) is 10.5 Å². The van der Waals surface area contributed by atoms with E-state index in [1.165, 1.54) is 6.92 Å². The number of aryl methyl sites for hydroxylation is 1. The normalized spacial score (nSPS) is 10.8. The molecular formula is C11H14N4O2. The van der Waals surface area contributed by atoms with Crippen LogP contribution in [0.1, 0.15) is 12.5 Å². The molecule has 0 aliphatic rings. The molecule has 90 valence electrons. The van der Waals surface area contributed by atoms with Crippen LogP contribution in [-0.2, 0) is 4.79 Å². The van der Waals surface area contributed by atoms with Crippen molar-refractivity contribution in [2.75, 3.05) is 5.32 Å². The molecule has 0 saturated carbocycles. The number of amides is 3. The molecule has 0 aliphatic heterocycles. The summed E-state index contributed by atoms with van der Waals surface area (Å²) in [5.41, 5.74) is 8.69. The number of rotatable bonds is 3. The maximum absolute atomic E-state index is 11.6. The van der Waals surface area contributed by atoms with Crippen molar-refractivity contribution in [1.29, 1.82) is 0 Å². The fraction of sp³-hybridized carbons (Fsp3) is 0.182. The number of primary amides is 1. The Kier molecular flexibility index (Phi) is 4.21. The lowest BCUT2D eigenvalue weighted by Gasteiger charge is -2.04. The summed E-state index contributed by atoms with van der Waals surface area (Å²) in [5, 5.41) is 6.15. The van der Waals surface area contributed by atoms with Gasteiger partial charge in [0.25, 0.3) is 5.91 Å². The van der Waals surface area contributed by atoms with Gasteiger partial charge in [-0.3, -0.25) is 4.79 Å². The van der Waals surface area contributed by atoms with Crippen molar-refractivity contribution in [3.8, 4) is 0 Å². The number of benzene rings is 1. The number of hydrogen-bond acceptors (Lipinski definition) is 3. The largest absolute Gasteiger partial charge is 0.350 e. The highest BCUT2D eigenvalue weighted by molar-refractivity contribution is 6.42. The molecule has 4 N–H and O–H groups in total. The third-order valence-electron chi connectivity index (χ3n) is 1.97. The Hall–Kier alpha value is -2.37. The average Bonchev–Trinajstić information content (AvgIpc) is 2.28. The van der Waals surface area contributed by atoms with Gasteiger partial charge in [-0.25, -0.2) is 10.2 Å². The van der Waals surface area contributed by atoms with Crippen LogP contribution in [0.25, 0.3) is 0 Å². The van der Waals surface area contributed by atoms with E-state index in [1.54, 1.807) is 12.1 Å². The van der Waals surface area contributed by atoms with E-state index < -0.39 is 11.9 Å². The van der Waals surface area contributed by atoms with Gasteiger partial charge in [-0.1, -0.05) is 17.7 Å². The molecule has 0 fully saturated rings. The molecule has 0 heterocycles. The number of urea groups is 1. The number of carbonyl (C=O) groups excluding carboxylic acids is 2. The van der Waals surface area contributed by atoms with Gasteiger partial charge in [-0.2, -0.15) is 5.10 Å². The summed E-state index contributed by atoms with van der Waals surface area (Å²) in [6.45, 7) is 3.43. The van der Waals surface area contributed by atoms with Gasteiger partial charge in [-0.05, 0) is 26.0 Å². The van der Waals surface area contributed by atoms with Crippen molar-refractivity contribution in [3.63, 3.8) is 0 Å². The highest BCUT2D eigenvalue weighted by atomic mass is 16.2. The maximum atomic E-state index is 11.6. The second-order valence-corrected chi connectivity index (χ2v) is 3.49. The van der Waals surface area contributed by atoms with Gasteiger partial charge in [0.05, 0.1) is 0 Å². The molecule has 1 aromatic rings. The number of nitrogens with two attached hydrogens (primary N) is 1. The first kappa shape index (κ1) is 12.7. The van der Waals surface area contributed by atoms with Crippen molar-refractivity contribution in [2.45, 2.75) is 13.8 Å². The predicted octanol–water partition coefficient (Wildman–Crippen LogP) is 0.978. The second-order valence-electron chi connectivity index (χ2n) is 3.49. The molecule has 3 amide bonds.